The minimum absolute atomic E-state index is 0.0422. The van der Waals surface area contributed by atoms with Gasteiger partial charge in [-0.05, 0) is 30.9 Å². The first-order valence-electron chi connectivity index (χ1n) is 11.1. The third-order valence-electron chi connectivity index (χ3n) is 6.39. The molecule has 6 nitrogen and oxygen atoms in total. The lowest BCUT2D eigenvalue weighted by Crippen LogP contribution is -2.39. The molecule has 170 valence electrons. The molecule has 0 bridgehead atoms. The number of aryl methyl sites for hydroxylation is 1. The molecule has 1 aliphatic carbocycles. The van der Waals surface area contributed by atoms with E-state index in [0.29, 0.717) is 18.7 Å². The van der Waals surface area contributed by atoms with E-state index in [1.54, 1.807) is 22.2 Å². The third-order valence-corrected chi connectivity index (χ3v) is 7.56. The van der Waals surface area contributed by atoms with Gasteiger partial charge in [0.2, 0.25) is 0 Å². The summed E-state index contributed by atoms with van der Waals surface area (Å²) in [5.41, 5.74) is 1.62. The highest BCUT2D eigenvalue weighted by atomic mass is 32.1. The van der Waals surface area contributed by atoms with Gasteiger partial charge in [-0.1, -0.05) is 6.07 Å². The third kappa shape index (κ3) is 4.47. The Labute approximate surface area is 188 Å². The number of halogens is 2. The van der Waals surface area contributed by atoms with Crippen molar-refractivity contribution in [3.05, 3.63) is 62.5 Å². The fourth-order valence-electron chi connectivity index (χ4n) is 4.53. The predicted molar refractivity (Wildman–Crippen MR) is 120 cm³/mol. The minimum Gasteiger partial charge on any atom is -0.379 e. The maximum atomic E-state index is 13.9. The number of benzene rings is 1. The number of ether oxygens (including phenoxy) is 1. The summed E-state index contributed by atoms with van der Waals surface area (Å²) in [5, 5.41) is 4.15. The fourth-order valence-corrected chi connectivity index (χ4v) is 5.79. The van der Waals surface area contributed by atoms with Crippen molar-refractivity contribution >= 4 is 21.6 Å². The van der Waals surface area contributed by atoms with Gasteiger partial charge in [-0.25, -0.2) is 13.8 Å². The molecule has 2 aromatic heterocycles. The first-order chi connectivity index (χ1) is 15.6. The second-order valence-corrected chi connectivity index (χ2v) is 9.52. The van der Waals surface area contributed by atoms with E-state index in [4.69, 9.17) is 4.74 Å². The topological polar surface area (TPSA) is 59.4 Å². The molecule has 0 unspecified atom stereocenters. The van der Waals surface area contributed by atoms with Gasteiger partial charge in [-0.15, -0.1) is 11.3 Å². The Morgan fingerprint density at radius 2 is 2.06 bits per heavy atom. The van der Waals surface area contributed by atoms with Gasteiger partial charge in [-0.3, -0.25) is 14.3 Å². The van der Waals surface area contributed by atoms with E-state index >= 15 is 0 Å². The maximum Gasteiger partial charge on any atom is 0.262 e. The van der Waals surface area contributed by atoms with Crippen LogP contribution in [0.25, 0.3) is 10.2 Å². The lowest BCUT2D eigenvalue weighted by atomic mass is 9.93. The van der Waals surface area contributed by atoms with Crippen molar-refractivity contribution in [1.82, 2.24) is 19.8 Å². The zero-order chi connectivity index (χ0) is 22.1. The zero-order valence-corrected chi connectivity index (χ0v) is 18.6. The molecule has 1 saturated heterocycles. The fraction of sp³-hybridized carbons (Fsp3) is 0.478. The molecule has 1 atom stereocenters. The number of hydrogen-bond acceptors (Lipinski definition) is 6. The van der Waals surface area contributed by atoms with Gasteiger partial charge >= 0.3 is 0 Å². The largest absolute Gasteiger partial charge is 0.379 e. The molecule has 0 radical (unpaired) electrons. The summed E-state index contributed by atoms with van der Waals surface area (Å²) in [7, 11) is 0. The Hall–Kier alpha value is -2.20. The van der Waals surface area contributed by atoms with Gasteiger partial charge in [-0.2, -0.15) is 0 Å². The molecule has 1 N–H and O–H groups in total. The molecule has 3 heterocycles. The second kappa shape index (κ2) is 9.35. The molecule has 32 heavy (non-hydrogen) atoms. The number of hydrogen-bond donors (Lipinski definition) is 1. The van der Waals surface area contributed by atoms with E-state index in [1.807, 2.05) is 0 Å². The Balaban J connectivity index is 1.28. The van der Waals surface area contributed by atoms with Crippen LogP contribution in [0, 0.1) is 11.6 Å². The molecule has 0 amide bonds. The quantitative estimate of drug-likeness (QED) is 0.613. The second-order valence-electron chi connectivity index (χ2n) is 8.44. The van der Waals surface area contributed by atoms with Crippen LogP contribution in [0.3, 0.4) is 0 Å². The zero-order valence-electron chi connectivity index (χ0n) is 17.8. The van der Waals surface area contributed by atoms with Crippen LogP contribution < -0.4 is 10.9 Å². The number of rotatable bonds is 6. The minimum atomic E-state index is -0.568. The highest BCUT2D eigenvalue weighted by Gasteiger charge is 2.25. The van der Waals surface area contributed by atoms with Gasteiger partial charge in [0.05, 0.1) is 24.9 Å². The summed E-state index contributed by atoms with van der Waals surface area (Å²) in [5.74, 6) is -1.10. The number of aromatic nitrogens is 2. The first-order valence-corrected chi connectivity index (χ1v) is 11.9. The summed E-state index contributed by atoms with van der Waals surface area (Å²) < 4.78 is 34.1. The molecule has 5 rings (SSSR count). The monoisotopic (exact) mass is 460 g/mol. The van der Waals surface area contributed by atoms with E-state index in [0.717, 1.165) is 74.0 Å². The van der Waals surface area contributed by atoms with Crippen LogP contribution in [-0.2, 0) is 30.7 Å². The number of morpholine rings is 1. The highest BCUT2D eigenvalue weighted by Crippen LogP contribution is 2.33. The summed E-state index contributed by atoms with van der Waals surface area (Å²) >= 11 is 1.58. The number of nitrogens with one attached hydrogen (secondary N) is 1. The molecule has 0 saturated carbocycles. The van der Waals surface area contributed by atoms with Crippen LogP contribution in [0.15, 0.2) is 29.3 Å². The SMILES string of the molecule is O=c1c2c3c(sc2ncn1CCN1CCOCC1)C[C@@H](NCc1ccc(F)cc1F)CC3. The molecule has 3 aromatic rings. The van der Waals surface area contributed by atoms with Crippen molar-refractivity contribution in [2.75, 3.05) is 32.8 Å². The van der Waals surface area contributed by atoms with Crippen LogP contribution in [0.4, 0.5) is 8.78 Å². The molecule has 0 spiro atoms. The van der Waals surface area contributed by atoms with Crippen molar-refractivity contribution in [3.8, 4) is 0 Å². The predicted octanol–water partition coefficient (Wildman–Crippen LogP) is 2.72. The summed E-state index contributed by atoms with van der Waals surface area (Å²) in [6.07, 6.45) is 4.11. The molecular weight excluding hydrogens is 434 g/mol. The van der Waals surface area contributed by atoms with E-state index in [9.17, 15) is 13.6 Å². The lowest BCUT2D eigenvalue weighted by Gasteiger charge is -2.26. The van der Waals surface area contributed by atoms with E-state index in [1.165, 1.54) is 17.0 Å². The van der Waals surface area contributed by atoms with E-state index < -0.39 is 11.6 Å². The standard InChI is InChI=1S/C23H26F2N4O2S/c24-16-2-1-15(19(25)11-16)13-26-17-3-4-18-20(12-17)32-22-21(18)23(30)29(14-27-22)6-5-28-7-9-31-10-8-28/h1-2,11,14,17,26H,3-10,12-13H2/t17-/m0/s1. The molecule has 1 aromatic carbocycles. The van der Waals surface area contributed by atoms with Crippen molar-refractivity contribution in [2.24, 2.45) is 0 Å². The van der Waals surface area contributed by atoms with Crippen LogP contribution in [0.5, 0.6) is 0 Å². The van der Waals surface area contributed by atoms with Crippen molar-refractivity contribution in [1.29, 1.82) is 0 Å². The smallest absolute Gasteiger partial charge is 0.262 e. The molecule has 2 aliphatic rings. The van der Waals surface area contributed by atoms with Gasteiger partial charge in [0.1, 0.15) is 16.5 Å². The van der Waals surface area contributed by atoms with Crippen molar-refractivity contribution in [2.45, 2.75) is 38.4 Å². The average Bonchev–Trinajstić information content (AvgIpc) is 3.17. The lowest BCUT2D eigenvalue weighted by molar-refractivity contribution is 0.0362. The molecule has 9 heteroatoms. The number of nitrogens with zero attached hydrogens (tertiary/aromatic N) is 3. The van der Waals surface area contributed by atoms with Crippen molar-refractivity contribution < 1.29 is 13.5 Å². The number of fused-ring (bicyclic) bond motifs is 3. The Bertz CT molecular complexity index is 1170. The molecular formula is C23H26F2N4O2S. The Morgan fingerprint density at radius 1 is 1.22 bits per heavy atom. The van der Waals surface area contributed by atoms with Crippen LogP contribution in [-0.4, -0.2) is 53.3 Å². The van der Waals surface area contributed by atoms with E-state index in [2.05, 4.69) is 15.2 Å². The Kier molecular flexibility index (Phi) is 6.32. The van der Waals surface area contributed by atoms with Gasteiger partial charge < -0.3 is 10.1 Å². The average molecular weight is 461 g/mol. The van der Waals surface area contributed by atoms with Crippen molar-refractivity contribution in [3.63, 3.8) is 0 Å². The molecule has 1 fully saturated rings. The maximum absolute atomic E-state index is 13.9. The van der Waals surface area contributed by atoms with Gasteiger partial charge in [0.15, 0.2) is 0 Å². The van der Waals surface area contributed by atoms with Crippen LogP contribution in [0.2, 0.25) is 0 Å². The van der Waals surface area contributed by atoms with E-state index in [-0.39, 0.29) is 11.6 Å². The molecule has 1 aliphatic heterocycles. The summed E-state index contributed by atoms with van der Waals surface area (Å²) in [6, 6.07) is 3.86. The van der Waals surface area contributed by atoms with Gasteiger partial charge in [0.25, 0.3) is 5.56 Å². The highest BCUT2D eigenvalue weighted by molar-refractivity contribution is 7.18. The van der Waals surface area contributed by atoms with Crippen LogP contribution >= 0.6 is 11.3 Å². The summed E-state index contributed by atoms with van der Waals surface area (Å²) in [6.45, 7) is 5.07. The number of thiophene rings is 1. The first kappa shape index (κ1) is 21.6. The normalized spacial score (nSPS) is 19.4. The van der Waals surface area contributed by atoms with Gasteiger partial charge in [0, 0.05) is 55.3 Å². The van der Waals surface area contributed by atoms with Crippen LogP contribution in [0.1, 0.15) is 22.4 Å². The summed E-state index contributed by atoms with van der Waals surface area (Å²) in [4.78, 5) is 22.1. The Morgan fingerprint density at radius 3 is 2.88 bits per heavy atom.